The second kappa shape index (κ2) is 5.10. The number of hydrogen-bond acceptors (Lipinski definition) is 2. The molecule has 86 valence electrons. The summed E-state index contributed by atoms with van der Waals surface area (Å²) in [6.45, 7) is 0. The predicted octanol–water partition coefficient (Wildman–Crippen LogP) is 3.93. The molecule has 0 amide bonds. The van der Waals surface area contributed by atoms with Crippen LogP contribution < -0.4 is 0 Å². The summed E-state index contributed by atoms with van der Waals surface area (Å²) < 4.78 is 26.1. The van der Waals surface area contributed by atoms with Crippen molar-refractivity contribution in [2.24, 2.45) is 0 Å². The van der Waals surface area contributed by atoms with Crippen LogP contribution in [0.4, 0.5) is 8.78 Å². The van der Waals surface area contributed by atoms with E-state index in [1.807, 2.05) is 0 Å². The molecule has 0 saturated heterocycles. The van der Waals surface area contributed by atoms with E-state index in [1.54, 1.807) is 24.3 Å². The van der Waals surface area contributed by atoms with Crippen molar-refractivity contribution in [2.45, 2.75) is 9.79 Å². The van der Waals surface area contributed by atoms with Gasteiger partial charge in [-0.2, -0.15) is 0 Å². The Balaban J connectivity index is 2.34. The third kappa shape index (κ3) is 2.71. The molecule has 0 aliphatic rings. The van der Waals surface area contributed by atoms with Gasteiger partial charge in [-0.05, 0) is 18.2 Å². The average Bonchev–Trinajstić information content (AvgIpc) is 2.33. The summed E-state index contributed by atoms with van der Waals surface area (Å²) in [5.74, 6) is -1.24. The lowest BCUT2D eigenvalue weighted by molar-refractivity contribution is 0.112. The Labute approximate surface area is 101 Å². The van der Waals surface area contributed by atoms with Gasteiger partial charge >= 0.3 is 0 Å². The molecular weight excluding hydrogens is 242 g/mol. The van der Waals surface area contributed by atoms with Crippen LogP contribution in [0.3, 0.4) is 0 Å². The van der Waals surface area contributed by atoms with Crippen LogP contribution in [0, 0.1) is 11.6 Å². The van der Waals surface area contributed by atoms with E-state index in [-0.39, 0.29) is 0 Å². The molecular formula is C13H8F2OS. The quantitative estimate of drug-likeness (QED) is 0.768. The molecule has 2 aromatic rings. The van der Waals surface area contributed by atoms with Crippen molar-refractivity contribution >= 4 is 18.0 Å². The highest BCUT2D eigenvalue weighted by Crippen LogP contribution is 2.31. The van der Waals surface area contributed by atoms with Gasteiger partial charge in [0, 0.05) is 21.4 Å². The lowest BCUT2D eigenvalue weighted by Gasteiger charge is -2.05. The van der Waals surface area contributed by atoms with Gasteiger partial charge in [-0.1, -0.05) is 30.0 Å². The van der Waals surface area contributed by atoms with E-state index in [4.69, 9.17) is 0 Å². The molecule has 2 aromatic carbocycles. The summed E-state index contributed by atoms with van der Waals surface area (Å²) in [4.78, 5) is 11.7. The molecule has 0 aliphatic heterocycles. The summed E-state index contributed by atoms with van der Waals surface area (Å²) >= 11 is 1.10. The minimum atomic E-state index is -0.629. The Hall–Kier alpha value is -1.68. The molecule has 2 rings (SSSR count). The Morgan fingerprint density at radius 3 is 2.47 bits per heavy atom. The average molecular weight is 250 g/mol. The molecule has 4 heteroatoms. The largest absolute Gasteiger partial charge is 0.298 e. The normalized spacial score (nSPS) is 10.2. The fraction of sp³-hybridized carbons (Fsp3) is 0. The van der Waals surface area contributed by atoms with E-state index < -0.39 is 11.6 Å². The van der Waals surface area contributed by atoms with E-state index >= 15 is 0 Å². The van der Waals surface area contributed by atoms with E-state index in [9.17, 15) is 13.6 Å². The first-order valence-corrected chi connectivity index (χ1v) is 5.69. The fourth-order valence-electron chi connectivity index (χ4n) is 1.35. The maximum atomic E-state index is 13.4. The molecule has 0 bridgehead atoms. The van der Waals surface area contributed by atoms with Gasteiger partial charge in [-0.25, -0.2) is 8.78 Å². The monoisotopic (exact) mass is 250 g/mol. The minimum Gasteiger partial charge on any atom is -0.298 e. The number of halogens is 2. The maximum Gasteiger partial charge on any atom is 0.151 e. The Kier molecular flexibility index (Phi) is 3.54. The SMILES string of the molecule is O=Cc1ccccc1Sc1ccc(F)cc1F. The molecule has 0 aliphatic carbocycles. The number of carbonyl (C=O) groups excluding carboxylic acids is 1. The second-order valence-electron chi connectivity index (χ2n) is 3.33. The number of benzene rings is 2. The molecule has 0 atom stereocenters. The lowest BCUT2D eigenvalue weighted by Crippen LogP contribution is -1.87. The number of hydrogen-bond donors (Lipinski definition) is 0. The van der Waals surface area contributed by atoms with Crippen LogP contribution in [0.1, 0.15) is 10.4 Å². The highest BCUT2D eigenvalue weighted by atomic mass is 32.2. The predicted molar refractivity (Wildman–Crippen MR) is 62.3 cm³/mol. The highest BCUT2D eigenvalue weighted by molar-refractivity contribution is 7.99. The van der Waals surface area contributed by atoms with Crippen molar-refractivity contribution in [3.05, 3.63) is 59.7 Å². The summed E-state index contributed by atoms with van der Waals surface area (Å²) in [5.41, 5.74) is 0.487. The Morgan fingerprint density at radius 2 is 1.76 bits per heavy atom. The van der Waals surface area contributed by atoms with Crippen LogP contribution in [0.2, 0.25) is 0 Å². The molecule has 0 N–H and O–H groups in total. The first-order chi connectivity index (χ1) is 8.20. The van der Waals surface area contributed by atoms with Crippen LogP contribution in [-0.2, 0) is 0 Å². The molecule has 0 heterocycles. The van der Waals surface area contributed by atoms with Gasteiger partial charge in [0.1, 0.15) is 11.6 Å². The van der Waals surface area contributed by atoms with Crippen LogP contribution in [0.15, 0.2) is 52.3 Å². The minimum absolute atomic E-state index is 0.292. The van der Waals surface area contributed by atoms with Gasteiger partial charge in [-0.3, -0.25) is 4.79 Å². The Bertz CT molecular complexity index is 555. The summed E-state index contributed by atoms with van der Waals surface area (Å²) in [5, 5.41) is 0. The topological polar surface area (TPSA) is 17.1 Å². The van der Waals surface area contributed by atoms with Crippen LogP contribution >= 0.6 is 11.8 Å². The van der Waals surface area contributed by atoms with E-state index in [0.29, 0.717) is 21.6 Å². The van der Waals surface area contributed by atoms with Crippen LogP contribution in [0.25, 0.3) is 0 Å². The standard InChI is InChI=1S/C13H8F2OS/c14-10-5-6-13(11(15)7-10)17-12-4-2-1-3-9(12)8-16/h1-8H. The molecule has 1 nitrogen and oxygen atoms in total. The summed E-state index contributed by atoms with van der Waals surface area (Å²) in [6, 6.07) is 10.2. The van der Waals surface area contributed by atoms with Gasteiger partial charge in [0.2, 0.25) is 0 Å². The van der Waals surface area contributed by atoms with Crippen LogP contribution in [0.5, 0.6) is 0 Å². The molecule has 17 heavy (non-hydrogen) atoms. The number of carbonyl (C=O) groups is 1. The molecule has 0 spiro atoms. The van der Waals surface area contributed by atoms with Crippen LogP contribution in [-0.4, -0.2) is 6.29 Å². The lowest BCUT2D eigenvalue weighted by atomic mass is 10.2. The van der Waals surface area contributed by atoms with Gasteiger partial charge in [-0.15, -0.1) is 0 Å². The molecule has 0 fully saturated rings. The third-order valence-electron chi connectivity index (χ3n) is 2.16. The first-order valence-electron chi connectivity index (χ1n) is 4.88. The summed E-state index contributed by atoms with van der Waals surface area (Å²) in [6.07, 6.45) is 0.712. The molecule has 0 unspecified atom stereocenters. The first kappa shape index (κ1) is 11.8. The van der Waals surface area contributed by atoms with Crippen molar-refractivity contribution in [3.8, 4) is 0 Å². The Morgan fingerprint density at radius 1 is 1.00 bits per heavy atom. The highest BCUT2D eigenvalue weighted by Gasteiger charge is 2.08. The molecule has 0 radical (unpaired) electrons. The fourth-order valence-corrected chi connectivity index (χ4v) is 2.26. The molecule has 0 aromatic heterocycles. The second-order valence-corrected chi connectivity index (χ2v) is 4.42. The van der Waals surface area contributed by atoms with Gasteiger partial charge in [0.25, 0.3) is 0 Å². The van der Waals surface area contributed by atoms with E-state index in [2.05, 4.69) is 0 Å². The van der Waals surface area contributed by atoms with Crippen molar-refractivity contribution < 1.29 is 13.6 Å². The number of aldehydes is 1. The van der Waals surface area contributed by atoms with Gasteiger partial charge < -0.3 is 0 Å². The summed E-state index contributed by atoms with van der Waals surface area (Å²) in [7, 11) is 0. The van der Waals surface area contributed by atoms with E-state index in [0.717, 1.165) is 17.8 Å². The van der Waals surface area contributed by atoms with Gasteiger partial charge in [0.15, 0.2) is 6.29 Å². The van der Waals surface area contributed by atoms with Crippen molar-refractivity contribution in [1.82, 2.24) is 0 Å². The maximum absolute atomic E-state index is 13.4. The van der Waals surface area contributed by atoms with Crippen molar-refractivity contribution in [1.29, 1.82) is 0 Å². The van der Waals surface area contributed by atoms with E-state index in [1.165, 1.54) is 12.1 Å². The third-order valence-corrected chi connectivity index (χ3v) is 3.30. The van der Waals surface area contributed by atoms with Crippen molar-refractivity contribution in [3.63, 3.8) is 0 Å². The zero-order chi connectivity index (χ0) is 12.3. The molecule has 0 saturated carbocycles. The van der Waals surface area contributed by atoms with Gasteiger partial charge in [0.05, 0.1) is 0 Å². The number of rotatable bonds is 3. The van der Waals surface area contributed by atoms with Crippen molar-refractivity contribution in [2.75, 3.05) is 0 Å². The smallest absolute Gasteiger partial charge is 0.151 e. The zero-order valence-electron chi connectivity index (χ0n) is 8.69. The zero-order valence-corrected chi connectivity index (χ0v) is 9.51.